The lowest BCUT2D eigenvalue weighted by atomic mass is 10.0. The van der Waals surface area contributed by atoms with Gasteiger partial charge in [0.1, 0.15) is 23.5 Å². The molecule has 4 atom stereocenters. The van der Waals surface area contributed by atoms with Gasteiger partial charge in [0, 0.05) is 17.9 Å². The van der Waals surface area contributed by atoms with Gasteiger partial charge in [-0.2, -0.15) is 0 Å². The van der Waals surface area contributed by atoms with E-state index in [0.29, 0.717) is 37.1 Å². The van der Waals surface area contributed by atoms with E-state index in [0.717, 1.165) is 5.56 Å². The SMILES string of the molecule is CC(C)CC(NC(=O)C1CSC2c3ccccc3C(=O)N12)C(=O)N1CCCC1C(=O)O. The molecule has 0 spiro atoms. The Kier molecular flexibility index (Phi) is 5.96. The molecule has 2 saturated heterocycles. The Labute approximate surface area is 185 Å². The molecule has 0 radical (unpaired) electrons. The Morgan fingerprint density at radius 3 is 2.68 bits per heavy atom. The molecule has 2 N–H and O–H groups in total. The first kappa shape index (κ1) is 21.7. The Morgan fingerprint density at radius 1 is 1.23 bits per heavy atom. The zero-order chi connectivity index (χ0) is 22.3. The van der Waals surface area contributed by atoms with Crippen molar-refractivity contribution in [3.63, 3.8) is 0 Å². The van der Waals surface area contributed by atoms with Gasteiger partial charge < -0.3 is 20.2 Å². The van der Waals surface area contributed by atoms with Crippen LogP contribution in [0.2, 0.25) is 0 Å². The molecular formula is C22H27N3O5S. The number of carboxylic acids is 1. The van der Waals surface area contributed by atoms with Crippen molar-refractivity contribution in [2.45, 2.75) is 56.6 Å². The highest BCUT2D eigenvalue weighted by Gasteiger charge is 2.49. The Bertz CT molecular complexity index is 920. The zero-order valence-electron chi connectivity index (χ0n) is 17.6. The first-order valence-electron chi connectivity index (χ1n) is 10.7. The number of likely N-dealkylation sites (tertiary alicyclic amines) is 1. The van der Waals surface area contributed by atoms with Gasteiger partial charge in [0.25, 0.3) is 5.91 Å². The minimum Gasteiger partial charge on any atom is -0.480 e. The molecule has 2 fully saturated rings. The summed E-state index contributed by atoms with van der Waals surface area (Å²) in [6, 6.07) is 5.06. The number of nitrogens with zero attached hydrogens (tertiary/aromatic N) is 2. The number of carbonyl (C=O) groups excluding carboxylic acids is 3. The van der Waals surface area contributed by atoms with E-state index in [1.54, 1.807) is 22.7 Å². The average Bonchev–Trinajstić information content (AvgIpc) is 3.44. The standard InChI is InChI=1S/C22H27N3O5S/c1-12(2)10-15(20(28)24-9-5-8-16(24)22(29)30)23-18(26)17-11-31-21-14-7-4-3-6-13(14)19(27)25(17)21/h3-4,6-7,12,15-17,21H,5,8-11H2,1-2H3,(H,23,26)(H,29,30). The largest absolute Gasteiger partial charge is 0.480 e. The van der Waals surface area contributed by atoms with E-state index >= 15 is 0 Å². The lowest BCUT2D eigenvalue weighted by molar-refractivity contribution is -0.149. The van der Waals surface area contributed by atoms with Crippen molar-refractivity contribution in [3.05, 3.63) is 35.4 Å². The van der Waals surface area contributed by atoms with Gasteiger partial charge in [-0.3, -0.25) is 14.4 Å². The van der Waals surface area contributed by atoms with Crippen molar-refractivity contribution in [1.29, 1.82) is 0 Å². The minimum atomic E-state index is -1.02. The summed E-state index contributed by atoms with van der Waals surface area (Å²) in [5.41, 5.74) is 1.54. The molecular weight excluding hydrogens is 418 g/mol. The maximum absolute atomic E-state index is 13.2. The van der Waals surface area contributed by atoms with Crippen molar-refractivity contribution in [3.8, 4) is 0 Å². The average molecular weight is 446 g/mol. The van der Waals surface area contributed by atoms with Gasteiger partial charge in [0.2, 0.25) is 11.8 Å². The number of hydrogen-bond acceptors (Lipinski definition) is 5. The summed E-state index contributed by atoms with van der Waals surface area (Å²) in [6.45, 7) is 4.28. The lowest BCUT2D eigenvalue weighted by Crippen LogP contribution is -2.55. The molecule has 4 unspecified atom stereocenters. The van der Waals surface area contributed by atoms with Crippen LogP contribution in [0.15, 0.2) is 24.3 Å². The van der Waals surface area contributed by atoms with Crippen molar-refractivity contribution in [2.75, 3.05) is 12.3 Å². The molecule has 3 aliphatic rings. The van der Waals surface area contributed by atoms with Gasteiger partial charge >= 0.3 is 5.97 Å². The zero-order valence-corrected chi connectivity index (χ0v) is 18.4. The van der Waals surface area contributed by atoms with E-state index in [1.165, 1.54) is 4.90 Å². The predicted molar refractivity (Wildman–Crippen MR) is 115 cm³/mol. The van der Waals surface area contributed by atoms with Crippen LogP contribution < -0.4 is 5.32 Å². The number of thioether (sulfide) groups is 1. The van der Waals surface area contributed by atoms with Gasteiger partial charge in [0.15, 0.2) is 0 Å². The molecule has 4 rings (SSSR count). The monoisotopic (exact) mass is 445 g/mol. The summed E-state index contributed by atoms with van der Waals surface area (Å²) >= 11 is 1.55. The number of carboxylic acid groups (broad SMARTS) is 1. The summed E-state index contributed by atoms with van der Waals surface area (Å²) in [5.74, 6) is -1.31. The minimum absolute atomic E-state index is 0.128. The second-order valence-electron chi connectivity index (χ2n) is 8.72. The molecule has 0 saturated carbocycles. The van der Waals surface area contributed by atoms with Crippen LogP contribution >= 0.6 is 11.8 Å². The molecule has 31 heavy (non-hydrogen) atoms. The Morgan fingerprint density at radius 2 is 1.97 bits per heavy atom. The predicted octanol–water partition coefficient (Wildman–Crippen LogP) is 1.86. The highest BCUT2D eigenvalue weighted by Crippen LogP contribution is 2.48. The third kappa shape index (κ3) is 3.91. The first-order valence-corrected chi connectivity index (χ1v) is 11.7. The number of fused-ring (bicyclic) bond motifs is 3. The number of carbonyl (C=O) groups is 4. The molecule has 1 aromatic rings. The summed E-state index contributed by atoms with van der Waals surface area (Å²) in [7, 11) is 0. The van der Waals surface area contributed by atoms with Crippen LogP contribution in [0.1, 0.15) is 54.4 Å². The lowest BCUT2D eigenvalue weighted by Gasteiger charge is -2.30. The van der Waals surface area contributed by atoms with E-state index in [2.05, 4.69) is 5.32 Å². The molecule has 0 aromatic heterocycles. The highest BCUT2D eigenvalue weighted by atomic mass is 32.2. The fraction of sp³-hybridized carbons (Fsp3) is 0.545. The number of nitrogens with one attached hydrogen (secondary N) is 1. The fourth-order valence-corrected chi connectivity index (χ4v) is 6.16. The van der Waals surface area contributed by atoms with Crippen molar-refractivity contribution in [1.82, 2.24) is 15.1 Å². The Hall–Kier alpha value is -2.55. The second-order valence-corrected chi connectivity index (χ2v) is 9.83. The summed E-state index contributed by atoms with van der Waals surface area (Å²) in [5, 5.41) is 12.1. The van der Waals surface area contributed by atoms with E-state index in [1.807, 2.05) is 32.0 Å². The maximum atomic E-state index is 13.2. The van der Waals surface area contributed by atoms with Gasteiger partial charge in [0.05, 0.1) is 0 Å². The third-order valence-electron chi connectivity index (χ3n) is 6.14. The number of aliphatic carboxylic acids is 1. The van der Waals surface area contributed by atoms with Crippen LogP contribution in [0.25, 0.3) is 0 Å². The van der Waals surface area contributed by atoms with Crippen molar-refractivity contribution in [2.24, 2.45) is 5.92 Å². The van der Waals surface area contributed by atoms with E-state index in [4.69, 9.17) is 0 Å². The molecule has 8 nitrogen and oxygen atoms in total. The second kappa shape index (κ2) is 8.53. The molecule has 9 heteroatoms. The normalized spacial score (nSPS) is 25.5. The van der Waals surface area contributed by atoms with E-state index < -0.39 is 24.1 Å². The molecule has 3 amide bonds. The number of benzene rings is 1. The molecule has 0 aliphatic carbocycles. The van der Waals surface area contributed by atoms with Crippen LogP contribution in [-0.2, 0) is 14.4 Å². The van der Waals surface area contributed by atoms with Crippen LogP contribution in [0.4, 0.5) is 0 Å². The van der Waals surface area contributed by atoms with E-state index in [9.17, 15) is 24.3 Å². The van der Waals surface area contributed by atoms with Crippen molar-refractivity contribution >= 4 is 35.5 Å². The maximum Gasteiger partial charge on any atom is 0.326 e. The topological polar surface area (TPSA) is 107 Å². The smallest absolute Gasteiger partial charge is 0.326 e. The van der Waals surface area contributed by atoms with E-state index in [-0.39, 0.29) is 29.0 Å². The fourth-order valence-electron chi connectivity index (χ4n) is 4.69. The van der Waals surface area contributed by atoms with Crippen molar-refractivity contribution < 1.29 is 24.3 Å². The molecule has 0 bridgehead atoms. The molecule has 1 aromatic carbocycles. The summed E-state index contributed by atoms with van der Waals surface area (Å²) < 4.78 is 0. The summed E-state index contributed by atoms with van der Waals surface area (Å²) in [4.78, 5) is 53.8. The number of rotatable bonds is 6. The molecule has 3 aliphatic heterocycles. The third-order valence-corrected chi connectivity index (χ3v) is 7.44. The van der Waals surface area contributed by atoms with Crippen LogP contribution in [-0.4, -0.2) is 69.0 Å². The summed E-state index contributed by atoms with van der Waals surface area (Å²) in [6.07, 6.45) is 1.46. The quantitative estimate of drug-likeness (QED) is 0.692. The van der Waals surface area contributed by atoms with Gasteiger partial charge in [-0.1, -0.05) is 32.0 Å². The first-order chi connectivity index (χ1) is 14.8. The highest BCUT2D eigenvalue weighted by molar-refractivity contribution is 7.99. The van der Waals surface area contributed by atoms with Gasteiger partial charge in [-0.25, -0.2) is 4.79 Å². The number of hydrogen-bond donors (Lipinski definition) is 2. The number of amides is 3. The van der Waals surface area contributed by atoms with Crippen LogP contribution in [0, 0.1) is 5.92 Å². The van der Waals surface area contributed by atoms with Crippen LogP contribution in [0.3, 0.4) is 0 Å². The van der Waals surface area contributed by atoms with Crippen LogP contribution in [0.5, 0.6) is 0 Å². The Balaban J connectivity index is 1.51. The molecule has 3 heterocycles. The van der Waals surface area contributed by atoms with Gasteiger partial charge in [-0.05, 0) is 36.8 Å². The van der Waals surface area contributed by atoms with Gasteiger partial charge in [-0.15, -0.1) is 11.8 Å². The molecule has 166 valence electrons.